The lowest BCUT2D eigenvalue weighted by atomic mass is 10.1. The number of aromatic nitrogens is 3. The number of carbonyl (C=O) groups excluding carboxylic acids is 2. The number of amides is 2. The Morgan fingerprint density at radius 3 is 2.53 bits per heavy atom. The van der Waals surface area contributed by atoms with Gasteiger partial charge in [0.05, 0.1) is 6.20 Å². The second-order valence-electron chi connectivity index (χ2n) is 8.35. The zero-order chi connectivity index (χ0) is 21.7. The molecule has 0 radical (unpaired) electrons. The summed E-state index contributed by atoms with van der Waals surface area (Å²) in [7, 11) is 1.75. The summed E-state index contributed by atoms with van der Waals surface area (Å²) in [4.78, 5) is 31.7. The molecule has 8 nitrogen and oxygen atoms in total. The molecule has 0 saturated heterocycles. The van der Waals surface area contributed by atoms with Crippen molar-refractivity contribution in [3.63, 3.8) is 0 Å². The highest BCUT2D eigenvalue weighted by atomic mass is 16.2. The molecule has 0 N–H and O–H groups in total. The van der Waals surface area contributed by atoms with Crippen LogP contribution < -0.4 is 4.90 Å². The lowest BCUT2D eigenvalue weighted by Crippen LogP contribution is -2.40. The molecule has 3 rings (SSSR count). The molecule has 0 aliphatic carbocycles. The first-order chi connectivity index (χ1) is 14.3. The fourth-order valence-corrected chi connectivity index (χ4v) is 3.95. The van der Waals surface area contributed by atoms with Crippen LogP contribution in [0.2, 0.25) is 0 Å². The van der Waals surface area contributed by atoms with Gasteiger partial charge in [0.15, 0.2) is 5.69 Å². The molecule has 0 saturated carbocycles. The molecule has 30 heavy (non-hydrogen) atoms. The molecule has 0 unspecified atom stereocenters. The molecule has 8 heteroatoms. The number of nitrogens with zero attached hydrogens (tertiary/aromatic N) is 6. The van der Waals surface area contributed by atoms with E-state index in [-0.39, 0.29) is 11.8 Å². The summed E-state index contributed by atoms with van der Waals surface area (Å²) in [5, 5.41) is 7.93. The Morgan fingerprint density at radius 1 is 1.10 bits per heavy atom. The lowest BCUT2D eigenvalue weighted by molar-refractivity contribution is -0.116. The van der Waals surface area contributed by atoms with E-state index in [2.05, 4.69) is 29.1 Å². The van der Waals surface area contributed by atoms with Gasteiger partial charge in [0.1, 0.15) is 0 Å². The van der Waals surface area contributed by atoms with Crippen LogP contribution in [0.1, 0.15) is 43.2 Å². The van der Waals surface area contributed by atoms with E-state index in [1.54, 1.807) is 20.2 Å². The van der Waals surface area contributed by atoms with Gasteiger partial charge in [0.25, 0.3) is 5.91 Å². The Morgan fingerprint density at radius 2 is 1.87 bits per heavy atom. The quantitative estimate of drug-likeness (QED) is 0.772. The number of fused-ring (bicyclic) bond motifs is 1. The van der Waals surface area contributed by atoms with Crippen LogP contribution in [0, 0.1) is 5.92 Å². The number of rotatable bonds is 3. The molecule has 0 fully saturated rings. The topological polar surface area (TPSA) is 74.6 Å². The zero-order valence-electron chi connectivity index (χ0n) is 18.4. The van der Waals surface area contributed by atoms with Crippen molar-refractivity contribution in [3.05, 3.63) is 41.7 Å². The van der Waals surface area contributed by atoms with Gasteiger partial charge in [-0.25, -0.2) is 0 Å². The standard InChI is InChI=1S/C22H32N6O2/c1-17(2)14-26-10-7-11-28(18(3)29)21-9-6-5-8-19(21)15-27(13-12-26)22(30)20-16-25(4)24-23-20/h5-6,8-9,16-17H,7,10-15H2,1-4H3. The van der Waals surface area contributed by atoms with E-state index in [1.807, 2.05) is 34.1 Å². The van der Waals surface area contributed by atoms with Crippen molar-refractivity contribution in [3.8, 4) is 0 Å². The van der Waals surface area contributed by atoms with Crippen molar-refractivity contribution in [1.29, 1.82) is 0 Å². The first kappa shape index (κ1) is 22.0. The molecule has 1 aromatic heterocycles. The van der Waals surface area contributed by atoms with E-state index >= 15 is 0 Å². The number of para-hydroxylation sites is 1. The number of aryl methyl sites for hydroxylation is 1. The van der Waals surface area contributed by atoms with Gasteiger partial charge < -0.3 is 14.7 Å². The molecule has 162 valence electrons. The van der Waals surface area contributed by atoms with Crippen LogP contribution in [0.4, 0.5) is 5.69 Å². The van der Waals surface area contributed by atoms with E-state index < -0.39 is 0 Å². The summed E-state index contributed by atoms with van der Waals surface area (Å²) < 4.78 is 1.54. The molecular formula is C22H32N6O2. The van der Waals surface area contributed by atoms with Crippen molar-refractivity contribution >= 4 is 17.5 Å². The maximum absolute atomic E-state index is 13.2. The first-order valence-electron chi connectivity index (χ1n) is 10.6. The molecule has 0 spiro atoms. The number of carbonyl (C=O) groups is 2. The highest BCUT2D eigenvalue weighted by Crippen LogP contribution is 2.24. The second kappa shape index (κ2) is 9.84. The summed E-state index contributed by atoms with van der Waals surface area (Å²) in [6, 6.07) is 7.85. The van der Waals surface area contributed by atoms with Crippen LogP contribution in [0.3, 0.4) is 0 Å². The lowest BCUT2D eigenvalue weighted by Gasteiger charge is -2.28. The summed E-state index contributed by atoms with van der Waals surface area (Å²) in [5.41, 5.74) is 2.17. The normalized spacial score (nSPS) is 16.3. The van der Waals surface area contributed by atoms with Crippen LogP contribution in [0.15, 0.2) is 30.5 Å². The van der Waals surface area contributed by atoms with Crippen LogP contribution in [0.25, 0.3) is 0 Å². The van der Waals surface area contributed by atoms with E-state index in [4.69, 9.17) is 0 Å². The maximum Gasteiger partial charge on any atom is 0.276 e. The largest absolute Gasteiger partial charge is 0.332 e. The summed E-state index contributed by atoms with van der Waals surface area (Å²) in [6.45, 7) is 10.3. The molecule has 2 amide bonds. The number of hydrogen-bond donors (Lipinski definition) is 0. The Balaban J connectivity index is 1.95. The van der Waals surface area contributed by atoms with E-state index in [9.17, 15) is 9.59 Å². The summed E-state index contributed by atoms with van der Waals surface area (Å²) >= 11 is 0. The molecular weight excluding hydrogens is 380 g/mol. The van der Waals surface area contributed by atoms with E-state index in [0.717, 1.165) is 37.3 Å². The van der Waals surface area contributed by atoms with Crippen LogP contribution in [-0.4, -0.2) is 69.3 Å². The summed E-state index contributed by atoms with van der Waals surface area (Å²) in [5.74, 6) is 0.403. The third-order valence-electron chi connectivity index (χ3n) is 5.30. The smallest absolute Gasteiger partial charge is 0.276 e. The van der Waals surface area contributed by atoms with Crippen LogP contribution in [-0.2, 0) is 18.4 Å². The predicted molar refractivity (Wildman–Crippen MR) is 116 cm³/mol. The van der Waals surface area contributed by atoms with Crippen LogP contribution in [0.5, 0.6) is 0 Å². The van der Waals surface area contributed by atoms with Crippen molar-refractivity contribution in [2.75, 3.05) is 37.6 Å². The Labute approximate surface area is 178 Å². The van der Waals surface area contributed by atoms with Crippen LogP contribution >= 0.6 is 0 Å². The van der Waals surface area contributed by atoms with Gasteiger partial charge in [0.2, 0.25) is 5.91 Å². The average Bonchev–Trinajstić information content (AvgIpc) is 3.12. The van der Waals surface area contributed by atoms with Gasteiger partial charge in [-0.2, -0.15) is 0 Å². The molecule has 2 heterocycles. The minimum absolute atomic E-state index is 0.0175. The van der Waals surface area contributed by atoms with Gasteiger partial charge in [-0.1, -0.05) is 37.3 Å². The minimum atomic E-state index is -0.143. The van der Waals surface area contributed by atoms with Crippen molar-refractivity contribution in [1.82, 2.24) is 24.8 Å². The number of hydrogen-bond acceptors (Lipinski definition) is 5. The SMILES string of the molecule is CC(=O)N1CCCN(CC(C)C)CCN(C(=O)c2cn(C)nn2)Cc2ccccc21. The molecule has 1 aliphatic heterocycles. The molecule has 1 aromatic carbocycles. The van der Waals surface area contributed by atoms with E-state index in [0.29, 0.717) is 31.2 Å². The van der Waals surface area contributed by atoms with Gasteiger partial charge in [0, 0.05) is 52.4 Å². The Hall–Kier alpha value is -2.74. The van der Waals surface area contributed by atoms with Crippen molar-refractivity contribution < 1.29 is 9.59 Å². The molecule has 0 bridgehead atoms. The average molecular weight is 413 g/mol. The van der Waals surface area contributed by atoms with Gasteiger partial charge in [-0.3, -0.25) is 14.3 Å². The third-order valence-corrected chi connectivity index (χ3v) is 5.30. The Bertz CT molecular complexity index is 878. The zero-order valence-corrected chi connectivity index (χ0v) is 18.4. The summed E-state index contributed by atoms with van der Waals surface area (Å²) in [6.07, 6.45) is 2.53. The maximum atomic E-state index is 13.2. The third kappa shape index (κ3) is 5.44. The first-order valence-corrected chi connectivity index (χ1v) is 10.6. The fraction of sp³-hybridized carbons (Fsp3) is 0.545. The van der Waals surface area contributed by atoms with Crippen molar-refractivity contribution in [2.24, 2.45) is 13.0 Å². The second-order valence-corrected chi connectivity index (χ2v) is 8.35. The fourth-order valence-electron chi connectivity index (χ4n) is 3.95. The number of anilines is 1. The van der Waals surface area contributed by atoms with Gasteiger partial charge in [-0.05, 0) is 30.5 Å². The predicted octanol–water partition coefficient (Wildman–Crippen LogP) is 2.17. The van der Waals surface area contributed by atoms with Gasteiger partial charge in [-0.15, -0.1) is 5.10 Å². The highest BCUT2D eigenvalue weighted by Gasteiger charge is 2.24. The number of benzene rings is 1. The molecule has 1 aliphatic rings. The monoisotopic (exact) mass is 412 g/mol. The minimum Gasteiger partial charge on any atom is -0.332 e. The highest BCUT2D eigenvalue weighted by molar-refractivity contribution is 5.93. The van der Waals surface area contributed by atoms with E-state index in [1.165, 1.54) is 4.68 Å². The molecule has 0 atom stereocenters. The Kier molecular flexibility index (Phi) is 7.20. The van der Waals surface area contributed by atoms with Gasteiger partial charge >= 0.3 is 0 Å². The van der Waals surface area contributed by atoms with Crippen molar-refractivity contribution in [2.45, 2.75) is 33.7 Å². The molecule has 2 aromatic rings.